The molecule has 2 atom stereocenters. The molecule has 0 aliphatic carbocycles. The molecule has 14 heavy (non-hydrogen) atoms. The molecule has 0 aromatic rings. The first-order chi connectivity index (χ1) is 6.85. The van der Waals surface area contributed by atoms with Crippen LogP contribution in [0.2, 0.25) is 0 Å². The van der Waals surface area contributed by atoms with Crippen LogP contribution >= 0.6 is 15.9 Å². The van der Waals surface area contributed by atoms with Gasteiger partial charge in [-0.2, -0.15) is 0 Å². The van der Waals surface area contributed by atoms with Crippen molar-refractivity contribution in [2.75, 3.05) is 18.5 Å². The van der Waals surface area contributed by atoms with Gasteiger partial charge >= 0.3 is 0 Å². The number of hydrogen-bond donors (Lipinski definition) is 0. The van der Waals surface area contributed by atoms with Crippen LogP contribution in [0, 0.1) is 0 Å². The smallest absolute Gasteiger partial charge is 0.283 e. The third kappa shape index (κ3) is 2.48. The summed E-state index contributed by atoms with van der Waals surface area (Å²) in [6, 6.07) is 0. The molecule has 2 fully saturated rings. The summed E-state index contributed by atoms with van der Waals surface area (Å²) in [5.41, 5.74) is 0. The number of hydrogen-bond acceptors (Lipinski definition) is 3. The van der Waals surface area contributed by atoms with Gasteiger partial charge in [-0.05, 0) is 25.7 Å². The minimum absolute atomic E-state index is 0.243. The van der Waals surface area contributed by atoms with Gasteiger partial charge in [0.15, 0.2) is 0 Å². The van der Waals surface area contributed by atoms with Crippen molar-refractivity contribution in [2.24, 2.45) is 0 Å². The lowest BCUT2D eigenvalue weighted by molar-refractivity contribution is -0.313. The molecule has 2 rings (SSSR count). The Morgan fingerprint density at radius 1 is 1.29 bits per heavy atom. The fourth-order valence-electron chi connectivity index (χ4n) is 1.95. The molecule has 1 spiro atoms. The fourth-order valence-corrected chi connectivity index (χ4v) is 2.34. The molecule has 0 amide bonds. The summed E-state index contributed by atoms with van der Waals surface area (Å²) in [5.74, 6) is -0.654. The number of rotatable bonds is 4. The summed E-state index contributed by atoms with van der Waals surface area (Å²) < 4.78 is 16.9. The third-order valence-electron chi connectivity index (χ3n) is 2.69. The highest BCUT2D eigenvalue weighted by molar-refractivity contribution is 9.09. The first-order valence-electron chi connectivity index (χ1n) is 5.36. The van der Waals surface area contributed by atoms with Gasteiger partial charge in [0.2, 0.25) is 0 Å². The maximum absolute atomic E-state index is 5.80. The Morgan fingerprint density at radius 2 is 2.21 bits per heavy atom. The van der Waals surface area contributed by atoms with Crippen LogP contribution in [0.15, 0.2) is 0 Å². The molecular weight excluding hydrogens is 248 g/mol. The first-order valence-corrected chi connectivity index (χ1v) is 6.48. The average Bonchev–Trinajstić information content (AvgIpc) is 2.79. The van der Waals surface area contributed by atoms with Crippen molar-refractivity contribution in [1.29, 1.82) is 0 Å². The molecule has 0 aromatic heterocycles. The van der Waals surface area contributed by atoms with Crippen LogP contribution < -0.4 is 0 Å². The summed E-state index contributed by atoms with van der Waals surface area (Å²) in [6.07, 6.45) is 5.66. The largest absolute Gasteiger partial charge is 0.327 e. The fraction of sp³-hybridized carbons (Fsp3) is 1.00. The molecule has 0 radical (unpaired) electrons. The highest BCUT2D eigenvalue weighted by atomic mass is 79.9. The normalized spacial score (nSPS) is 37.1. The van der Waals surface area contributed by atoms with Crippen LogP contribution in [-0.4, -0.2) is 30.6 Å². The van der Waals surface area contributed by atoms with E-state index in [-0.39, 0.29) is 6.10 Å². The highest BCUT2D eigenvalue weighted by Crippen LogP contribution is 2.35. The van der Waals surface area contributed by atoms with E-state index in [9.17, 15) is 0 Å². The molecule has 0 saturated carbocycles. The van der Waals surface area contributed by atoms with E-state index in [1.54, 1.807) is 0 Å². The summed E-state index contributed by atoms with van der Waals surface area (Å²) >= 11 is 3.42. The quantitative estimate of drug-likeness (QED) is 0.577. The van der Waals surface area contributed by atoms with Crippen LogP contribution in [-0.2, 0) is 14.2 Å². The van der Waals surface area contributed by atoms with Gasteiger partial charge in [-0.3, -0.25) is 0 Å². The van der Waals surface area contributed by atoms with Crippen molar-refractivity contribution in [3.05, 3.63) is 0 Å². The summed E-state index contributed by atoms with van der Waals surface area (Å²) in [4.78, 5) is 0. The lowest BCUT2D eigenvalue weighted by atomic mass is 10.2. The van der Waals surface area contributed by atoms with E-state index in [1.165, 1.54) is 12.8 Å². The predicted molar refractivity (Wildman–Crippen MR) is 56.4 cm³/mol. The van der Waals surface area contributed by atoms with Gasteiger partial charge in [-0.15, -0.1) is 0 Å². The second-order valence-corrected chi connectivity index (χ2v) is 4.66. The van der Waals surface area contributed by atoms with Crippen molar-refractivity contribution in [3.63, 3.8) is 0 Å². The highest BCUT2D eigenvalue weighted by Gasteiger charge is 2.45. The van der Waals surface area contributed by atoms with Crippen LogP contribution in [0.4, 0.5) is 0 Å². The molecular formula is C10H17BrO3. The van der Waals surface area contributed by atoms with E-state index in [0.717, 1.165) is 31.2 Å². The van der Waals surface area contributed by atoms with Crippen molar-refractivity contribution in [1.82, 2.24) is 0 Å². The van der Waals surface area contributed by atoms with E-state index < -0.39 is 5.97 Å². The molecule has 82 valence electrons. The van der Waals surface area contributed by atoms with E-state index in [0.29, 0.717) is 6.61 Å². The zero-order valence-corrected chi connectivity index (χ0v) is 9.92. The minimum Gasteiger partial charge on any atom is -0.327 e. The lowest BCUT2D eigenvalue weighted by Crippen LogP contribution is -2.29. The van der Waals surface area contributed by atoms with Gasteiger partial charge in [0.05, 0.1) is 19.3 Å². The topological polar surface area (TPSA) is 27.7 Å². The summed E-state index contributed by atoms with van der Waals surface area (Å²) in [6.45, 7) is 1.47. The molecule has 0 N–H and O–H groups in total. The van der Waals surface area contributed by atoms with Crippen LogP contribution in [0.1, 0.15) is 32.1 Å². The number of alkyl halides is 1. The third-order valence-corrected chi connectivity index (χ3v) is 3.26. The Hall–Kier alpha value is 0.360. The lowest BCUT2D eigenvalue weighted by Gasteiger charge is -2.20. The SMILES string of the molecule is BrCCCCC1COC2(CCCO2)O1. The molecule has 2 aliphatic heterocycles. The van der Waals surface area contributed by atoms with E-state index in [1.807, 2.05) is 0 Å². The summed E-state index contributed by atoms with van der Waals surface area (Å²) in [7, 11) is 0. The van der Waals surface area contributed by atoms with Gasteiger partial charge in [0.25, 0.3) is 5.97 Å². The zero-order valence-electron chi connectivity index (χ0n) is 8.34. The Bertz CT molecular complexity index is 180. The predicted octanol–water partition coefficient (Wildman–Crippen LogP) is 2.43. The second-order valence-electron chi connectivity index (χ2n) is 3.87. The monoisotopic (exact) mass is 264 g/mol. The van der Waals surface area contributed by atoms with Gasteiger partial charge in [0, 0.05) is 11.8 Å². The number of ether oxygens (including phenoxy) is 3. The van der Waals surface area contributed by atoms with Crippen LogP contribution in [0.25, 0.3) is 0 Å². The maximum atomic E-state index is 5.80. The van der Waals surface area contributed by atoms with E-state index in [4.69, 9.17) is 14.2 Å². The maximum Gasteiger partial charge on any atom is 0.283 e. The average molecular weight is 265 g/mol. The van der Waals surface area contributed by atoms with Crippen molar-refractivity contribution < 1.29 is 14.2 Å². The van der Waals surface area contributed by atoms with Crippen LogP contribution in [0.3, 0.4) is 0 Å². The Kier molecular flexibility index (Phi) is 3.82. The van der Waals surface area contributed by atoms with Gasteiger partial charge in [-0.25, -0.2) is 0 Å². The molecule has 0 aromatic carbocycles. The minimum atomic E-state index is -0.654. The number of halogens is 1. The van der Waals surface area contributed by atoms with Gasteiger partial charge in [-0.1, -0.05) is 15.9 Å². The molecule has 2 unspecified atom stereocenters. The second kappa shape index (κ2) is 4.92. The van der Waals surface area contributed by atoms with Crippen LogP contribution in [0.5, 0.6) is 0 Å². The van der Waals surface area contributed by atoms with Crippen molar-refractivity contribution in [2.45, 2.75) is 44.2 Å². The molecule has 2 aliphatic rings. The Balaban J connectivity index is 1.71. The van der Waals surface area contributed by atoms with Gasteiger partial charge in [0.1, 0.15) is 0 Å². The van der Waals surface area contributed by atoms with Crippen molar-refractivity contribution >= 4 is 15.9 Å². The van der Waals surface area contributed by atoms with E-state index in [2.05, 4.69) is 15.9 Å². The molecule has 3 nitrogen and oxygen atoms in total. The summed E-state index contributed by atoms with van der Waals surface area (Å²) in [5, 5.41) is 1.07. The zero-order chi connectivity index (χ0) is 9.86. The standard InChI is InChI=1S/C10H17BrO3/c11-6-2-1-4-9-8-13-10(14-9)5-3-7-12-10/h9H,1-8H2. The van der Waals surface area contributed by atoms with Gasteiger partial charge < -0.3 is 14.2 Å². The number of unbranched alkanes of at least 4 members (excludes halogenated alkanes) is 1. The molecule has 2 heterocycles. The Labute approximate surface area is 93.2 Å². The van der Waals surface area contributed by atoms with E-state index >= 15 is 0 Å². The first kappa shape index (κ1) is 10.9. The molecule has 4 heteroatoms. The Morgan fingerprint density at radius 3 is 2.93 bits per heavy atom. The van der Waals surface area contributed by atoms with Crippen molar-refractivity contribution in [3.8, 4) is 0 Å². The molecule has 2 saturated heterocycles. The molecule has 0 bridgehead atoms.